The quantitative estimate of drug-likeness (QED) is 0.726. The number of esters is 1. The Hall–Kier alpha value is -1.44. The van der Waals surface area contributed by atoms with Crippen LogP contribution in [0.25, 0.3) is 0 Å². The number of hydrogen-bond donors (Lipinski definition) is 2. The van der Waals surface area contributed by atoms with E-state index >= 15 is 0 Å². The highest BCUT2D eigenvalue weighted by molar-refractivity contribution is 7.90. The molecule has 0 aliphatic carbocycles. The van der Waals surface area contributed by atoms with E-state index in [0.717, 1.165) is 12.7 Å². The maximum atomic E-state index is 11.8. The van der Waals surface area contributed by atoms with Gasteiger partial charge in [-0.2, -0.15) is 0 Å². The fourth-order valence-corrected chi connectivity index (χ4v) is 2.45. The molecule has 0 amide bonds. The van der Waals surface area contributed by atoms with Crippen LogP contribution in [-0.4, -0.2) is 33.3 Å². The number of hydrogen-bond acceptors (Lipinski definition) is 5. The van der Waals surface area contributed by atoms with Gasteiger partial charge in [0.2, 0.25) is 10.0 Å². The lowest BCUT2D eigenvalue weighted by molar-refractivity contribution is -0.139. The van der Waals surface area contributed by atoms with Gasteiger partial charge in [0.05, 0.1) is 7.11 Å². The Morgan fingerprint density at radius 3 is 2.47 bits per heavy atom. The van der Waals surface area contributed by atoms with Gasteiger partial charge in [0.15, 0.2) is 5.25 Å². The highest BCUT2D eigenvalue weighted by Gasteiger charge is 2.28. The lowest BCUT2D eigenvalue weighted by Gasteiger charge is -2.15. The third kappa shape index (κ3) is 4.30. The van der Waals surface area contributed by atoms with Crippen LogP contribution in [0.4, 0.5) is 0 Å². The summed E-state index contributed by atoms with van der Waals surface area (Å²) in [7, 11) is -2.64. The van der Waals surface area contributed by atoms with Crippen LogP contribution in [0.1, 0.15) is 18.5 Å². The van der Waals surface area contributed by atoms with Crippen LogP contribution in [0.15, 0.2) is 30.3 Å². The van der Waals surface area contributed by atoms with Crippen LogP contribution in [0, 0.1) is 0 Å². The van der Waals surface area contributed by atoms with Gasteiger partial charge in [0.25, 0.3) is 0 Å². The van der Waals surface area contributed by atoms with Crippen LogP contribution >= 0.6 is 0 Å². The van der Waals surface area contributed by atoms with Crippen molar-refractivity contribution in [2.24, 2.45) is 5.73 Å². The Morgan fingerprint density at radius 1 is 1.37 bits per heavy atom. The van der Waals surface area contributed by atoms with Gasteiger partial charge in [0, 0.05) is 12.6 Å². The summed E-state index contributed by atoms with van der Waals surface area (Å²) >= 11 is 0. The van der Waals surface area contributed by atoms with Gasteiger partial charge in [-0.05, 0) is 12.5 Å². The molecular formula is C12H18N2O4S. The molecule has 19 heavy (non-hydrogen) atoms. The van der Waals surface area contributed by atoms with Gasteiger partial charge >= 0.3 is 5.97 Å². The van der Waals surface area contributed by atoms with E-state index in [1.807, 2.05) is 30.3 Å². The van der Waals surface area contributed by atoms with Crippen molar-refractivity contribution in [2.75, 3.05) is 13.7 Å². The zero-order valence-electron chi connectivity index (χ0n) is 10.9. The topological polar surface area (TPSA) is 98.5 Å². The first-order valence-electron chi connectivity index (χ1n) is 5.75. The van der Waals surface area contributed by atoms with Gasteiger partial charge in [0.1, 0.15) is 0 Å². The number of sulfonamides is 1. The standard InChI is InChI=1S/C12H18N2O4S/c1-9(12(15)18-2)19(16,17)14-8-11(13)10-6-4-3-5-7-10/h3-7,9,11,14H,8,13H2,1-2H3. The summed E-state index contributed by atoms with van der Waals surface area (Å²) in [6.45, 7) is 1.29. The normalized spacial score (nSPS) is 14.7. The molecule has 0 aliphatic rings. The monoisotopic (exact) mass is 286 g/mol. The summed E-state index contributed by atoms with van der Waals surface area (Å²) in [5.74, 6) is -0.805. The SMILES string of the molecule is COC(=O)C(C)S(=O)(=O)NCC(N)c1ccccc1. The van der Waals surface area contributed by atoms with Gasteiger partial charge in [-0.15, -0.1) is 0 Å². The molecule has 0 radical (unpaired) electrons. The van der Waals surface area contributed by atoms with E-state index in [4.69, 9.17) is 5.73 Å². The van der Waals surface area contributed by atoms with E-state index in [2.05, 4.69) is 9.46 Å². The van der Waals surface area contributed by atoms with Crippen LogP contribution < -0.4 is 10.5 Å². The van der Waals surface area contributed by atoms with Crippen molar-refractivity contribution >= 4 is 16.0 Å². The number of nitrogens with two attached hydrogens (primary N) is 1. The van der Waals surface area contributed by atoms with Gasteiger partial charge < -0.3 is 10.5 Å². The van der Waals surface area contributed by atoms with Crippen LogP contribution in [0.5, 0.6) is 0 Å². The van der Waals surface area contributed by atoms with Gasteiger partial charge in [-0.3, -0.25) is 4.79 Å². The molecule has 0 aliphatic heterocycles. The van der Waals surface area contributed by atoms with E-state index in [9.17, 15) is 13.2 Å². The zero-order chi connectivity index (χ0) is 14.5. The Kier molecular flexibility index (Phi) is 5.46. The Morgan fingerprint density at radius 2 is 1.95 bits per heavy atom. The summed E-state index contributed by atoms with van der Waals surface area (Å²) in [6, 6.07) is 8.63. The summed E-state index contributed by atoms with van der Waals surface area (Å²) in [5, 5.41) is -1.26. The maximum absolute atomic E-state index is 11.8. The first-order chi connectivity index (χ1) is 8.88. The van der Waals surface area contributed by atoms with Crippen LogP contribution in [0.3, 0.4) is 0 Å². The lowest BCUT2D eigenvalue weighted by atomic mass is 10.1. The highest BCUT2D eigenvalue weighted by atomic mass is 32.2. The minimum absolute atomic E-state index is 0.0215. The number of benzene rings is 1. The maximum Gasteiger partial charge on any atom is 0.325 e. The predicted molar refractivity (Wildman–Crippen MR) is 71.8 cm³/mol. The van der Waals surface area contributed by atoms with Crippen molar-refractivity contribution in [3.05, 3.63) is 35.9 Å². The number of nitrogens with one attached hydrogen (secondary N) is 1. The minimum Gasteiger partial charge on any atom is -0.468 e. The predicted octanol–water partition coefficient (Wildman–Crippen LogP) is 0.167. The van der Waals surface area contributed by atoms with E-state index in [1.54, 1.807) is 0 Å². The van der Waals surface area contributed by atoms with Gasteiger partial charge in [-0.1, -0.05) is 30.3 Å². The number of ether oxygens (including phenoxy) is 1. The number of carbonyl (C=O) groups is 1. The second kappa shape index (κ2) is 6.65. The van der Waals surface area contributed by atoms with Crippen molar-refractivity contribution < 1.29 is 17.9 Å². The fourth-order valence-electron chi connectivity index (χ4n) is 1.44. The van der Waals surface area contributed by atoms with Crippen LogP contribution in [0.2, 0.25) is 0 Å². The second-order valence-corrected chi connectivity index (χ2v) is 6.16. The van der Waals surface area contributed by atoms with Crippen molar-refractivity contribution in [3.8, 4) is 0 Å². The molecule has 0 fully saturated rings. The Bertz CT molecular complexity index is 516. The molecule has 2 unspecified atom stereocenters. The van der Waals surface area contributed by atoms with E-state index < -0.39 is 27.3 Å². The number of methoxy groups -OCH3 is 1. The molecule has 1 aromatic carbocycles. The number of rotatable bonds is 6. The molecule has 2 atom stereocenters. The third-order valence-electron chi connectivity index (χ3n) is 2.73. The Balaban J connectivity index is 2.64. The largest absolute Gasteiger partial charge is 0.468 e. The summed E-state index contributed by atoms with van der Waals surface area (Å²) in [6.07, 6.45) is 0. The first-order valence-corrected chi connectivity index (χ1v) is 7.30. The summed E-state index contributed by atoms with van der Waals surface area (Å²) in [5.41, 5.74) is 6.68. The van der Waals surface area contributed by atoms with Crippen molar-refractivity contribution in [3.63, 3.8) is 0 Å². The first kappa shape index (κ1) is 15.6. The van der Waals surface area contributed by atoms with Gasteiger partial charge in [-0.25, -0.2) is 13.1 Å². The molecule has 0 aromatic heterocycles. The van der Waals surface area contributed by atoms with Crippen molar-refractivity contribution in [1.29, 1.82) is 0 Å². The van der Waals surface area contributed by atoms with Crippen LogP contribution in [-0.2, 0) is 19.6 Å². The molecular weight excluding hydrogens is 268 g/mol. The lowest BCUT2D eigenvalue weighted by Crippen LogP contribution is -2.41. The molecule has 0 heterocycles. The van der Waals surface area contributed by atoms with Crippen molar-refractivity contribution in [2.45, 2.75) is 18.2 Å². The van der Waals surface area contributed by atoms with Crippen molar-refractivity contribution in [1.82, 2.24) is 4.72 Å². The highest BCUT2D eigenvalue weighted by Crippen LogP contribution is 2.09. The van der Waals surface area contributed by atoms with E-state index in [0.29, 0.717) is 0 Å². The molecule has 0 saturated heterocycles. The van der Waals surface area contributed by atoms with E-state index in [1.165, 1.54) is 6.92 Å². The number of carbonyl (C=O) groups excluding carboxylic acids is 1. The third-order valence-corrected chi connectivity index (χ3v) is 4.42. The molecule has 0 saturated carbocycles. The fraction of sp³-hybridized carbons (Fsp3) is 0.417. The summed E-state index contributed by atoms with van der Waals surface area (Å²) < 4.78 is 30.3. The molecule has 1 rings (SSSR count). The molecule has 3 N–H and O–H groups in total. The second-order valence-electron chi connectivity index (χ2n) is 4.08. The molecule has 1 aromatic rings. The molecule has 6 nitrogen and oxygen atoms in total. The molecule has 0 spiro atoms. The smallest absolute Gasteiger partial charge is 0.325 e. The molecule has 7 heteroatoms. The molecule has 0 bridgehead atoms. The Labute approximate surface area is 113 Å². The minimum atomic E-state index is -3.78. The van der Waals surface area contributed by atoms with E-state index in [-0.39, 0.29) is 6.54 Å². The average Bonchev–Trinajstić information content (AvgIpc) is 2.44. The zero-order valence-corrected chi connectivity index (χ0v) is 11.7. The average molecular weight is 286 g/mol. The summed E-state index contributed by atoms with van der Waals surface area (Å²) in [4.78, 5) is 11.2. The molecule has 106 valence electrons.